The van der Waals surface area contributed by atoms with E-state index in [0.717, 1.165) is 0 Å². The Morgan fingerprint density at radius 3 is 1.67 bits per heavy atom. The topological polar surface area (TPSA) is 74.6 Å². The predicted octanol–water partition coefficient (Wildman–Crippen LogP) is -0.641. The Morgan fingerprint density at radius 1 is 1.33 bits per heavy atom. The molecular formula is C4H5NaO4. The molecule has 0 atom stereocenters. The minimum absolute atomic E-state index is 0.269. The third kappa shape index (κ3) is 2.84. The molecule has 9 heavy (non-hydrogen) atoms. The van der Waals surface area contributed by atoms with E-state index in [1.807, 2.05) is 0 Å². The molecule has 2 N–H and O–H groups in total. The van der Waals surface area contributed by atoms with Gasteiger partial charge in [0.1, 0.15) is 0 Å². The Morgan fingerprint density at radius 2 is 1.67 bits per heavy atom. The molecule has 4 nitrogen and oxygen atoms in total. The molecule has 0 bridgehead atoms. The van der Waals surface area contributed by atoms with Gasteiger partial charge < -0.3 is 0 Å². The molecule has 0 aliphatic rings. The summed E-state index contributed by atoms with van der Waals surface area (Å²) in [7, 11) is 0. The second kappa shape index (κ2) is 3.87. The summed E-state index contributed by atoms with van der Waals surface area (Å²) in [6.07, 6.45) is 0. The predicted molar refractivity (Wildman–Crippen MR) is 29.3 cm³/mol. The molecule has 0 saturated heterocycles. The fraction of sp³-hybridized carbons (Fsp3) is 0.500. The van der Waals surface area contributed by atoms with Gasteiger partial charge in [-0.1, -0.05) is 0 Å². The van der Waals surface area contributed by atoms with E-state index in [0.29, 0.717) is 27.9 Å². The van der Waals surface area contributed by atoms with Crippen molar-refractivity contribution in [2.75, 3.05) is 0 Å². The Labute approximate surface area is 69.3 Å². The van der Waals surface area contributed by atoms with Gasteiger partial charge in [-0.3, -0.25) is 0 Å². The average Bonchev–Trinajstić information content (AvgIpc) is 1.64. The Bertz CT molecular complexity index is 119. The van der Waals surface area contributed by atoms with Gasteiger partial charge in [-0.05, 0) is 0 Å². The number of rotatable bonds is 3. The van der Waals surface area contributed by atoms with E-state index in [4.69, 9.17) is 10.2 Å². The van der Waals surface area contributed by atoms with E-state index in [2.05, 4.69) is 0 Å². The molecule has 0 spiro atoms. The van der Waals surface area contributed by atoms with Crippen LogP contribution in [0.5, 0.6) is 0 Å². The number of hydrogen-bond acceptors (Lipinski definition) is 2. The van der Waals surface area contributed by atoms with E-state index in [-0.39, 0.29) is 3.67 Å². The zero-order chi connectivity index (χ0) is 7.44. The first kappa shape index (κ1) is 8.94. The molecule has 0 aromatic rings. The van der Waals surface area contributed by atoms with E-state index < -0.39 is 17.9 Å². The molecule has 0 aromatic carbocycles. The minimum atomic E-state index is -1.24. The van der Waals surface area contributed by atoms with Crippen molar-refractivity contribution >= 4 is 39.9 Å². The monoisotopic (exact) mass is 140 g/mol. The van der Waals surface area contributed by atoms with Crippen molar-refractivity contribution in [3.63, 3.8) is 0 Å². The van der Waals surface area contributed by atoms with Gasteiger partial charge >= 0.3 is 69.3 Å². The van der Waals surface area contributed by atoms with E-state index in [1.54, 1.807) is 0 Å². The molecule has 0 amide bonds. The summed E-state index contributed by atoms with van der Waals surface area (Å²) in [5.41, 5.74) is 0. The standard InChI is InChI=1S/C4H5O4.Na/c1-2(3(5)6)4(7)8;/h2H,1H2,(H,5,6)(H,7,8);. The van der Waals surface area contributed by atoms with Crippen LogP contribution >= 0.6 is 0 Å². The summed E-state index contributed by atoms with van der Waals surface area (Å²) in [5.74, 6) is -3.66. The summed E-state index contributed by atoms with van der Waals surface area (Å²) in [6.45, 7) is 0. The van der Waals surface area contributed by atoms with Crippen molar-refractivity contribution < 1.29 is 19.8 Å². The molecule has 0 heterocycles. The van der Waals surface area contributed by atoms with Crippen molar-refractivity contribution in [1.29, 1.82) is 0 Å². The first-order valence-electron chi connectivity index (χ1n) is 2.55. The summed E-state index contributed by atoms with van der Waals surface area (Å²) in [6, 6.07) is 0. The maximum absolute atomic E-state index is 10.0. The summed E-state index contributed by atoms with van der Waals surface area (Å²) in [4.78, 5) is 20.0. The quantitative estimate of drug-likeness (QED) is 0.403. The summed E-state index contributed by atoms with van der Waals surface area (Å²) >= 11 is 0.606. The van der Waals surface area contributed by atoms with Gasteiger partial charge in [0.25, 0.3) is 0 Å². The van der Waals surface area contributed by atoms with Crippen LogP contribution in [-0.2, 0) is 9.59 Å². The van der Waals surface area contributed by atoms with Crippen molar-refractivity contribution in [1.82, 2.24) is 0 Å². The zero-order valence-corrected chi connectivity index (χ0v) is 7.00. The molecule has 46 valence electrons. The number of carbonyl (C=O) groups is 2. The van der Waals surface area contributed by atoms with E-state index in [9.17, 15) is 9.59 Å². The Kier molecular flexibility index (Phi) is 3.84. The third-order valence-corrected chi connectivity index (χ3v) is 1.82. The maximum atomic E-state index is 10.0. The van der Waals surface area contributed by atoms with Crippen LogP contribution in [0, 0.1) is 5.92 Å². The first-order chi connectivity index (χ1) is 4.09. The second-order valence-corrected chi connectivity index (χ2v) is 2.45. The number of carboxylic acids is 2. The molecule has 0 radical (unpaired) electrons. The third-order valence-electron chi connectivity index (χ3n) is 1.00. The van der Waals surface area contributed by atoms with Crippen LogP contribution in [-0.4, -0.2) is 50.1 Å². The molecule has 0 aliphatic heterocycles. The fourth-order valence-electron chi connectivity index (χ4n) is 0.455. The van der Waals surface area contributed by atoms with Gasteiger partial charge in [0.15, 0.2) is 0 Å². The van der Waals surface area contributed by atoms with Crippen LogP contribution in [0.15, 0.2) is 0 Å². The SMILES string of the molecule is O=C(O)C([CH2][Na])C(=O)O. The van der Waals surface area contributed by atoms with Gasteiger partial charge in [-0.2, -0.15) is 0 Å². The fourth-order valence-corrected chi connectivity index (χ4v) is 1.15. The Balaban J connectivity index is 3.99. The van der Waals surface area contributed by atoms with Gasteiger partial charge in [-0.25, -0.2) is 0 Å². The number of carboxylic acid groups (broad SMARTS) is 2. The summed E-state index contributed by atoms with van der Waals surface area (Å²) in [5, 5.41) is 16.4. The molecule has 0 rings (SSSR count). The van der Waals surface area contributed by atoms with Crippen molar-refractivity contribution in [3.8, 4) is 0 Å². The normalized spacial score (nSPS) is 9.67. The van der Waals surface area contributed by atoms with Crippen molar-refractivity contribution in [3.05, 3.63) is 0 Å². The zero-order valence-electron chi connectivity index (χ0n) is 5.00. The van der Waals surface area contributed by atoms with Crippen molar-refractivity contribution in [2.24, 2.45) is 5.92 Å². The van der Waals surface area contributed by atoms with Gasteiger partial charge in [0.05, 0.1) is 0 Å². The molecule has 0 saturated carbocycles. The van der Waals surface area contributed by atoms with Gasteiger partial charge in [0, 0.05) is 0 Å². The van der Waals surface area contributed by atoms with Gasteiger partial charge in [0.2, 0.25) is 0 Å². The number of aliphatic carboxylic acids is 2. The number of hydrogen-bond donors (Lipinski definition) is 2. The molecule has 0 aromatic heterocycles. The van der Waals surface area contributed by atoms with Crippen LogP contribution in [0.4, 0.5) is 0 Å². The molecule has 0 fully saturated rings. The molecular weight excluding hydrogens is 135 g/mol. The van der Waals surface area contributed by atoms with Crippen LogP contribution in [0.3, 0.4) is 0 Å². The van der Waals surface area contributed by atoms with Gasteiger partial charge in [-0.15, -0.1) is 0 Å². The first-order valence-corrected chi connectivity index (χ1v) is 3.96. The average molecular weight is 140 g/mol. The second-order valence-electron chi connectivity index (χ2n) is 1.64. The van der Waals surface area contributed by atoms with Crippen LogP contribution < -0.4 is 0 Å². The summed E-state index contributed by atoms with van der Waals surface area (Å²) < 4.78 is 0.269. The van der Waals surface area contributed by atoms with E-state index in [1.165, 1.54) is 0 Å². The van der Waals surface area contributed by atoms with Crippen LogP contribution in [0.2, 0.25) is 3.67 Å². The molecule has 5 heteroatoms. The molecule has 0 aliphatic carbocycles. The van der Waals surface area contributed by atoms with Crippen LogP contribution in [0.25, 0.3) is 0 Å². The van der Waals surface area contributed by atoms with Crippen LogP contribution in [0.1, 0.15) is 0 Å². The molecule has 0 unspecified atom stereocenters. The Hall–Kier alpha value is -0.0600. The van der Waals surface area contributed by atoms with Crippen molar-refractivity contribution in [2.45, 2.75) is 3.67 Å². The van der Waals surface area contributed by atoms with E-state index >= 15 is 0 Å².